The van der Waals surface area contributed by atoms with Gasteiger partial charge < -0.3 is 4.90 Å². The molecule has 1 saturated heterocycles. The Bertz CT molecular complexity index is 772. The zero-order chi connectivity index (χ0) is 17.6. The van der Waals surface area contributed by atoms with E-state index < -0.39 is 0 Å². The van der Waals surface area contributed by atoms with Crippen LogP contribution in [-0.4, -0.2) is 32.1 Å². The standard InChI is InChI=1S/C19H24N4O2/c1-2-13-23-18(24)8-7-16(21-23)19(25)22-14-5-3-4-6-17(22)15-9-11-20-12-10-15/h7-12,17H,2-6,13-14H2,1H3. The number of aromatic nitrogens is 3. The minimum Gasteiger partial charge on any atom is -0.330 e. The Morgan fingerprint density at radius 2 is 1.96 bits per heavy atom. The van der Waals surface area contributed by atoms with E-state index in [2.05, 4.69) is 10.1 Å². The van der Waals surface area contributed by atoms with Crippen LogP contribution in [0.2, 0.25) is 0 Å². The normalized spacial score (nSPS) is 18.0. The lowest BCUT2D eigenvalue weighted by molar-refractivity contribution is 0.0671. The molecule has 0 radical (unpaired) electrons. The van der Waals surface area contributed by atoms with Crippen molar-refractivity contribution in [3.05, 3.63) is 58.3 Å². The number of aryl methyl sites for hydroxylation is 1. The summed E-state index contributed by atoms with van der Waals surface area (Å²) in [6.45, 7) is 3.21. The summed E-state index contributed by atoms with van der Waals surface area (Å²) in [7, 11) is 0. The van der Waals surface area contributed by atoms with E-state index in [1.165, 1.54) is 10.7 Å². The molecule has 2 aromatic heterocycles. The molecule has 0 aliphatic carbocycles. The second kappa shape index (κ2) is 8.05. The molecule has 0 spiro atoms. The fraction of sp³-hybridized carbons (Fsp3) is 0.474. The van der Waals surface area contributed by atoms with E-state index in [0.29, 0.717) is 18.8 Å². The van der Waals surface area contributed by atoms with Gasteiger partial charge in [-0.2, -0.15) is 5.10 Å². The van der Waals surface area contributed by atoms with Crippen LogP contribution in [0.5, 0.6) is 0 Å². The van der Waals surface area contributed by atoms with E-state index in [4.69, 9.17) is 0 Å². The predicted molar refractivity (Wildman–Crippen MR) is 95.3 cm³/mol. The largest absolute Gasteiger partial charge is 0.330 e. The minimum atomic E-state index is -0.167. The second-order valence-electron chi connectivity index (χ2n) is 6.42. The van der Waals surface area contributed by atoms with Crippen LogP contribution in [0.3, 0.4) is 0 Å². The van der Waals surface area contributed by atoms with Crippen molar-refractivity contribution >= 4 is 5.91 Å². The van der Waals surface area contributed by atoms with Crippen molar-refractivity contribution in [1.29, 1.82) is 0 Å². The number of hydrogen-bond acceptors (Lipinski definition) is 4. The molecule has 2 aromatic rings. The van der Waals surface area contributed by atoms with E-state index in [1.807, 2.05) is 24.0 Å². The fourth-order valence-electron chi connectivity index (χ4n) is 3.37. The lowest BCUT2D eigenvalue weighted by Crippen LogP contribution is -2.36. The molecule has 3 rings (SSSR count). The molecule has 132 valence electrons. The van der Waals surface area contributed by atoms with Gasteiger partial charge in [0.15, 0.2) is 0 Å². The molecule has 1 aliphatic heterocycles. The third kappa shape index (κ3) is 3.95. The van der Waals surface area contributed by atoms with Gasteiger partial charge in [-0.3, -0.25) is 14.6 Å². The van der Waals surface area contributed by atoms with E-state index in [1.54, 1.807) is 18.5 Å². The highest BCUT2D eigenvalue weighted by atomic mass is 16.2. The van der Waals surface area contributed by atoms with Crippen molar-refractivity contribution in [1.82, 2.24) is 19.7 Å². The highest BCUT2D eigenvalue weighted by Gasteiger charge is 2.28. The number of likely N-dealkylation sites (tertiary alicyclic amines) is 1. The van der Waals surface area contributed by atoms with Crippen molar-refractivity contribution in [3.8, 4) is 0 Å². The third-order valence-electron chi connectivity index (χ3n) is 4.63. The van der Waals surface area contributed by atoms with E-state index in [-0.39, 0.29) is 17.5 Å². The van der Waals surface area contributed by atoms with Gasteiger partial charge in [0, 0.05) is 31.5 Å². The number of amides is 1. The Balaban J connectivity index is 1.92. The van der Waals surface area contributed by atoms with Gasteiger partial charge in [-0.15, -0.1) is 0 Å². The smallest absolute Gasteiger partial charge is 0.274 e. The SMILES string of the molecule is CCCn1nc(C(=O)N2CCCCCC2c2ccncc2)ccc1=O. The molecule has 25 heavy (non-hydrogen) atoms. The van der Waals surface area contributed by atoms with Crippen LogP contribution in [-0.2, 0) is 6.54 Å². The predicted octanol–water partition coefficient (Wildman–Crippen LogP) is 2.81. The highest BCUT2D eigenvalue weighted by Crippen LogP contribution is 2.30. The maximum absolute atomic E-state index is 13.1. The van der Waals surface area contributed by atoms with Gasteiger partial charge in [0.05, 0.1) is 6.04 Å². The Morgan fingerprint density at radius 1 is 1.16 bits per heavy atom. The first-order valence-corrected chi connectivity index (χ1v) is 8.99. The van der Waals surface area contributed by atoms with Crippen LogP contribution in [0.25, 0.3) is 0 Å². The molecule has 0 bridgehead atoms. The second-order valence-corrected chi connectivity index (χ2v) is 6.42. The fourth-order valence-corrected chi connectivity index (χ4v) is 3.37. The summed E-state index contributed by atoms with van der Waals surface area (Å²) in [6.07, 6.45) is 8.47. The molecule has 1 fully saturated rings. The first-order valence-electron chi connectivity index (χ1n) is 8.99. The lowest BCUT2D eigenvalue weighted by Gasteiger charge is -2.30. The monoisotopic (exact) mass is 340 g/mol. The molecule has 1 atom stereocenters. The molecule has 6 heteroatoms. The van der Waals surface area contributed by atoms with Crippen LogP contribution in [0.4, 0.5) is 0 Å². The van der Waals surface area contributed by atoms with Gasteiger partial charge in [0.2, 0.25) is 0 Å². The van der Waals surface area contributed by atoms with Crippen molar-refractivity contribution in [2.24, 2.45) is 0 Å². The zero-order valence-corrected chi connectivity index (χ0v) is 14.6. The Labute approximate surface area is 147 Å². The van der Waals surface area contributed by atoms with Gasteiger partial charge >= 0.3 is 0 Å². The molecular formula is C19H24N4O2. The number of pyridine rings is 1. The summed E-state index contributed by atoms with van der Waals surface area (Å²) in [5, 5.41) is 4.30. The van der Waals surface area contributed by atoms with Crippen LogP contribution in [0.15, 0.2) is 41.5 Å². The van der Waals surface area contributed by atoms with Crippen LogP contribution >= 0.6 is 0 Å². The van der Waals surface area contributed by atoms with Crippen LogP contribution in [0, 0.1) is 0 Å². The lowest BCUT2D eigenvalue weighted by atomic mass is 10.0. The zero-order valence-electron chi connectivity index (χ0n) is 14.6. The summed E-state index contributed by atoms with van der Waals surface area (Å²) < 4.78 is 1.38. The van der Waals surface area contributed by atoms with Gasteiger partial charge in [-0.1, -0.05) is 19.8 Å². The van der Waals surface area contributed by atoms with E-state index in [0.717, 1.165) is 37.7 Å². The number of carbonyl (C=O) groups excluding carboxylic acids is 1. The summed E-state index contributed by atoms with van der Waals surface area (Å²) in [4.78, 5) is 31.0. The quantitative estimate of drug-likeness (QED) is 0.858. The molecule has 0 saturated carbocycles. The van der Waals surface area contributed by atoms with Gasteiger partial charge in [-0.05, 0) is 43.0 Å². The molecule has 1 aliphatic rings. The molecule has 6 nitrogen and oxygen atoms in total. The van der Waals surface area contributed by atoms with Crippen molar-refractivity contribution in [2.75, 3.05) is 6.54 Å². The molecular weight excluding hydrogens is 316 g/mol. The number of nitrogens with zero attached hydrogens (tertiary/aromatic N) is 4. The van der Waals surface area contributed by atoms with Crippen LogP contribution in [0.1, 0.15) is 61.1 Å². The Morgan fingerprint density at radius 3 is 2.72 bits per heavy atom. The average molecular weight is 340 g/mol. The van der Waals surface area contributed by atoms with Crippen molar-refractivity contribution in [3.63, 3.8) is 0 Å². The minimum absolute atomic E-state index is 0.0337. The van der Waals surface area contributed by atoms with Gasteiger partial charge in [0.25, 0.3) is 11.5 Å². The maximum Gasteiger partial charge on any atom is 0.274 e. The molecule has 1 unspecified atom stereocenters. The molecule has 0 aromatic carbocycles. The summed E-state index contributed by atoms with van der Waals surface area (Å²) >= 11 is 0. The first kappa shape index (κ1) is 17.3. The molecule has 0 N–H and O–H groups in total. The Kier molecular flexibility index (Phi) is 5.58. The third-order valence-corrected chi connectivity index (χ3v) is 4.63. The number of carbonyl (C=O) groups is 1. The van der Waals surface area contributed by atoms with E-state index >= 15 is 0 Å². The van der Waals surface area contributed by atoms with Crippen molar-refractivity contribution in [2.45, 2.75) is 51.6 Å². The van der Waals surface area contributed by atoms with Crippen molar-refractivity contribution < 1.29 is 4.79 Å². The Hall–Kier alpha value is -2.50. The summed E-state index contributed by atoms with van der Waals surface area (Å²) in [6, 6.07) is 6.97. The van der Waals surface area contributed by atoms with Gasteiger partial charge in [0.1, 0.15) is 5.69 Å². The van der Waals surface area contributed by atoms with Crippen LogP contribution < -0.4 is 5.56 Å². The number of rotatable bonds is 4. The molecule has 3 heterocycles. The maximum atomic E-state index is 13.1. The number of hydrogen-bond donors (Lipinski definition) is 0. The van der Waals surface area contributed by atoms with E-state index in [9.17, 15) is 9.59 Å². The summed E-state index contributed by atoms with van der Waals surface area (Å²) in [5.41, 5.74) is 1.28. The average Bonchev–Trinajstić information content (AvgIpc) is 2.90. The highest BCUT2D eigenvalue weighted by molar-refractivity contribution is 5.92. The summed E-state index contributed by atoms with van der Waals surface area (Å²) in [5.74, 6) is -0.103. The first-order chi connectivity index (χ1) is 12.2. The van der Waals surface area contributed by atoms with Gasteiger partial charge in [-0.25, -0.2) is 4.68 Å². The molecule has 1 amide bonds. The topological polar surface area (TPSA) is 68.1 Å².